The molecule has 3 aromatic rings. The van der Waals surface area contributed by atoms with Gasteiger partial charge in [-0.2, -0.15) is 0 Å². The van der Waals surface area contributed by atoms with Crippen molar-refractivity contribution in [2.75, 3.05) is 19.5 Å². The predicted octanol–water partition coefficient (Wildman–Crippen LogP) is 1.49. The molecule has 142 valence electrons. The molecule has 0 saturated heterocycles. The Hall–Kier alpha value is -4.08. The van der Waals surface area contributed by atoms with Gasteiger partial charge in [0.25, 0.3) is 5.91 Å². The van der Waals surface area contributed by atoms with Gasteiger partial charge in [0.1, 0.15) is 6.33 Å². The normalized spacial score (nSPS) is 10.2. The third kappa shape index (κ3) is 3.85. The molecule has 0 spiro atoms. The molecule has 28 heavy (non-hydrogen) atoms. The highest BCUT2D eigenvalue weighted by Gasteiger charge is 2.18. The SMILES string of the molecule is COC(=O)c1ccc(C(=O)OC)c(NC(=O)c2ccc(-n3cnnn3)cc2)c1. The maximum atomic E-state index is 12.6. The highest BCUT2D eigenvalue weighted by molar-refractivity contribution is 6.09. The Kier molecular flexibility index (Phi) is 5.40. The fourth-order valence-electron chi connectivity index (χ4n) is 2.42. The number of tetrazole rings is 1. The molecule has 1 aromatic heterocycles. The second-order valence-electron chi connectivity index (χ2n) is 5.50. The molecule has 0 atom stereocenters. The van der Waals surface area contributed by atoms with Crippen molar-refractivity contribution in [1.82, 2.24) is 20.2 Å². The van der Waals surface area contributed by atoms with E-state index >= 15 is 0 Å². The van der Waals surface area contributed by atoms with E-state index in [1.54, 1.807) is 24.3 Å². The number of amides is 1. The molecule has 1 N–H and O–H groups in total. The van der Waals surface area contributed by atoms with Crippen molar-refractivity contribution in [2.45, 2.75) is 0 Å². The summed E-state index contributed by atoms with van der Waals surface area (Å²) in [5.74, 6) is -1.73. The number of nitrogens with zero attached hydrogens (tertiary/aromatic N) is 4. The van der Waals surface area contributed by atoms with Crippen LogP contribution in [0.25, 0.3) is 5.69 Å². The minimum Gasteiger partial charge on any atom is -0.465 e. The lowest BCUT2D eigenvalue weighted by Gasteiger charge is -2.11. The number of hydrogen-bond acceptors (Lipinski definition) is 8. The molecule has 10 heteroatoms. The first-order valence-electron chi connectivity index (χ1n) is 7.99. The van der Waals surface area contributed by atoms with Gasteiger partial charge in [0.05, 0.1) is 36.7 Å². The number of esters is 2. The van der Waals surface area contributed by atoms with Crippen LogP contribution >= 0.6 is 0 Å². The van der Waals surface area contributed by atoms with Gasteiger partial charge < -0.3 is 14.8 Å². The molecular formula is C18H15N5O5. The number of ether oxygens (including phenoxy) is 2. The van der Waals surface area contributed by atoms with Crippen LogP contribution in [0.1, 0.15) is 31.1 Å². The summed E-state index contributed by atoms with van der Waals surface area (Å²) in [7, 11) is 2.46. The van der Waals surface area contributed by atoms with E-state index < -0.39 is 17.8 Å². The van der Waals surface area contributed by atoms with Crippen LogP contribution in [0.2, 0.25) is 0 Å². The lowest BCUT2D eigenvalue weighted by molar-refractivity contribution is 0.0587. The minimum absolute atomic E-state index is 0.105. The predicted molar refractivity (Wildman–Crippen MR) is 96.2 cm³/mol. The Morgan fingerprint density at radius 2 is 1.61 bits per heavy atom. The fraction of sp³-hybridized carbons (Fsp3) is 0.111. The van der Waals surface area contributed by atoms with Gasteiger partial charge >= 0.3 is 11.9 Å². The van der Waals surface area contributed by atoms with E-state index in [1.807, 2.05) is 0 Å². The summed E-state index contributed by atoms with van der Waals surface area (Å²) >= 11 is 0. The van der Waals surface area contributed by atoms with Crippen molar-refractivity contribution >= 4 is 23.5 Å². The Balaban J connectivity index is 1.87. The average Bonchev–Trinajstić information content (AvgIpc) is 3.27. The van der Waals surface area contributed by atoms with Gasteiger partial charge in [-0.15, -0.1) is 5.10 Å². The van der Waals surface area contributed by atoms with Gasteiger partial charge in [-0.1, -0.05) is 0 Å². The molecule has 0 saturated carbocycles. The average molecular weight is 381 g/mol. The number of hydrogen-bond donors (Lipinski definition) is 1. The maximum Gasteiger partial charge on any atom is 0.339 e. The highest BCUT2D eigenvalue weighted by Crippen LogP contribution is 2.21. The molecule has 0 fully saturated rings. The molecule has 0 aliphatic rings. The summed E-state index contributed by atoms with van der Waals surface area (Å²) in [6.45, 7) is 0. The Labute approximate surface area is 159 Å². The minimum atomic E-state index is -0.652. The summed E-state index contributed by atoms with van der Waals surface area (Å²) in [5, 5.41) is 13.5. The van der Waals surface area contributed by atoms with Gasteiger partial charge in [-0.05, 0) is 52.9 Å². The first-order valence-corrected chi connectivity index (χ1v) is 7.99. The molecular weight excluding hydrogens is 366 g/mol. The molecule has 1 amide bonds. The van der Waals surface area contributed by atoms with Crippen LogP contribution in [0.3, 0.4) is 0 Å². The van der Waals surface area contributed by atoms with Crippen LogP contribution in [-0.4, -0.2) is 52.3 Å². The fourth-order valence-corrected chi connectivity index (χ4v) is 2.42. The molecule has 0 unspecified atom stereocenters. The third-order valence-corrected chi connectivity index (χ3v) is 3.84. The summed E-state index contributed by atoms with van der Waals surface area (Å²) in [4.78, 5) is 36.3. The van der Waals surface area contributed by atoms with Crippen LogP contribution in [0, 0.1) is 0 Å². The summed E-state index contributed by atoms with van der Waals surface area (Å²) in [5.41, 5.74) is 1.41. The molecule has 0 bridgehead atoms. The van der Waals surface area contributed by atoms with Gasteiger partial charge in [0.15, 0.2) is 0 Å². The zero-order valence-electron chi connectivity index (χ0n) is 14.9. The lowest BCUT2D eigenvalue weighted by Crippen LogP contribution is -2.16. The van der Waals surface area contributed by atoms with Crippen LogP contribution in [0.5, 0.6) is 0 Å². The first-order chi connectivity index (χ1) is 13.5. The van der Waals surface area contributed by atoms with E-state index in [0.29, 0.717) is 11.3 Å². The second kappa shape index (κ2) is 8.08. The Bertz CT molecular complexity index is 1020. The van der Waals surface area contributed by atoms with Crippen LogP contribution in [0.4, 0.5) is 5.69 Å². The number of methoxy groups -OCH3 is 2. The van der Waals surface area contributed by atoms with Gasteiger partial charge in [-0.25, -0.2) is 14.3 Å². The lowest BCUT2D eigenvalue weighted by atomic mass is 10.1. The third-order valence-electron chi connectivity index (χ3n) is 3.84. The van der Waals surface area contributed by atoms with E-state index in [2.05, 4.69) is 25.6 Å². The standard InChI is InChI=1S/C18H15N5O5/c1-27-17(25)12-5-8-14(18(26)28-2)15(9-12)20-16(24)11-3-6-13(7-4-11)23-10-19-21-22-23/h3-10H,1-2H3,(H,20,24). The van der Waals surface area contributed by atoms with Crippen molar-refractivity contribution < 1.29 is 23.9 Å². The quantitative estimate of drug-likeness (QED) is 0.659. The number of aromatic nitrogens is 4. The van der Waals surface area contributed by atoms with E-state index in [9.17, 15) is 14.4 Å². The molecule has 0 radical (unpaired) electrons. The van der Waals surface area contributed by atoms with Gasteiger partial charge in [0.2, 0.25) is 0 Å². The zero-order valence-corrected chi connectivity index (χ0v) is 14.9. The van der Waals surface area contributed by atoms with E-state index in [-0.39, 0.29) is 16.8 Å². The summed E-state index contributed by atoms with van der Waals surface area (Å²) in [6.07, 6.45) is 1.43. The Morgan fingerprint density at radius 1 is 0.929 bits per heavy atom. The summed E-state index contributed by atoms with van der Waals surface area (Å²) in [6, 6.07) is 10.6. The maximum absolute atomic E-state index is 12.6. The topological polar surface area (TPSA) is 125 Å². The van der Waals surface area contributed by atoms with Crippen LogP contribution in [0.15, 0.2) is 48.8 Å². The monoisotopic (exact) mass is 381 g/mol. The van der Waals surface area contributed by atoms with Crippen LogP contribution < -0.4 is 5.32 Å². The number of nitrogens with one attached hydrogen (secondary N) is 1. The van der Waals surface area contributed by atoms with E-state index in [1.165, 1.54) is 43.4 Å². The molecule has 0 aliphatic heterocycles. The smallest absolute Gasteiger partial charge is 0.339 e. The molecule has 10 nitrogen and oxygen atoms in total. The van der Waals surface area contributed by atoms with Crippen molar-refractivity contribution in [3.63, 3.8) is 0 Å². The highest BCUT2D eigenvalue weighted by atomic mass is 16.5. The van der Waals surface area contributed by atoms with E-state index in [4.69, 9.17) is 4.74 Å². The number of rotatable bonds is 5. The molecule has 1 heterocycles. The molecule has 0 aliphatic carbocycles. The second-order valence-corrected chi connectivity index (χ2v) is 5.50. The summed E-state index contributed by atoms with van der Waals surface area (Å²) < 4.78 is 10.8. The Morgan fingerprint density at radius 3 is 2.21 bits per heavy atom. The van der Waals surface area contributed by atoms with Crippen molar-refractivity contribution in [3.8, 4) is 5.69 Å². The number of carbonyl (C=O) groups is 3. The van der Waals surface area contributed by atoms with Crippen molar-refractivity contribution in [2.24, 2.45) is 0 Å². The van der Waals surface area contributed by atoms with Crippen molar-refractivity contribution in [1.29, 1.82) is 0 Å². The number of anilines is 1. The first kappa shape index (κ1) is 18.7. The van der Waals surface area contributed by atoms with Crippen molar-refractivity contribution in [3.05, 3.63) is 65.5 Å². The zero-order chi connectivity index (χ0) is 20.1. The number of carbonyl (C=O) groups excluding carboxylic acids is 3. The number of benzene rings is 2. The van der Waals surface area contributed by atoms with Gasteiger partial charge in [0, 0.05) is 5.56 Å². The van der Waals surface area contributed by atoms with Crippen LogP contribution in [-0.2, 0) is 9.47 Å². The molecule has 3 rings (SSSR count). The largest absolute Gasteiger partial charge is 0.465 e. The van der Waals surface area contributed by atoms with Gasteiger partial charge in [-0.3, -0.25) is 4.79 Å². The van der Waals surface area contributed by atoms with E-state index in [0.717, 1.165) is 0 Å². The molecule has 2 aromatic carbocycles.